The number of likely N-dealkylation sites (tertiary alicyclic amines) is 1. The van der Waals surface area contributed by atoms with E-state index in [9.17, 15) is 0 Å². The molecule has 0 radical (unpaired) electrons. The van der Waals surface area contributed by atoms with Crippen molar-refractivity contribution in [2.24, 2.45) is 5.92 Å². The molecule has 132 valence electrons. The van der Waals surface area contributed by atoms with Gasteiger partial charge in [0.25, 0.3) is 0 Å². The van der Waals surface area contributed by atoms with E-state index in [1.54, 1.807) is 0 Å². The van der Waals surface area contributed by atoms with Gasteiger partial charge in [-0.15, -0.1) is 6.58 Å². The van der Waals surface area contributed by atoms with Crippen LogP contribution < -0.4 is 4.90 Å². The highest BCUT2D eigenvalue weighted by Gasteiger charge is 2.32. The van der Waals surface area contributed by atoms with Gasteiger partial charge >= 0.3 is 0 Å². The molecule has 1 fully saturated rings. The first-order valence-electron chi connectivity index (χ1n) is 9.50. The molecule has 0 spiro atoms. The van der Waals surface area contributed by atoms with Gasteiger partial charge < -0.3 is 4.90 Å². The van der Waals surface area contributed by atoms with Crippen molar-refractivity contribution in [2.75, 3.05) is 24.5 Å². The molecule has 0 aliphatic carbocycles. The van der Waals surface area contributed by atoms with Crippen LogP contribution in [0.1, 0.15) is 25.3 Å². The molecule has 2 nitrogen and oxygen atoms in total. The van der Waals surface area contributed by atoms with Crippen LogP contribution in [-0.2, 0) is 6.54 Å². The number of piperidine rings is 1. The third-order valence-corrected chi connectivity index (χ3v) is 5.33. The largest absolute Gasteiger partial charge is 0.368 e. The van der Waals surface area contributed by atoms with Crippen molar-refractivity contribution in [3.8, 4) is 0 Å². The number of rotatable bonds is 7. The molecule has 2 unspecified atom stereocenters. The van der Waals surface area contributed by atoms with E-state index in [4.69, 9.17) is 0 Å². The van der Waals surface area contributed by atoms with Gasteiger partial charge in [-0.05, 0) is 43.4 Å². The first-order chi connectivity index (χ1) is 12.3. The van der Waals surface area contributed by atoms with Crippen LogP contribution in [-0.4, -0.2) is 30.6 Å². The Kier molecular flexibility index (Phi) is 6.30. The van der Waals surface area contributed by atoms with Gasteiger partial charge in [-0.25, -0.2) is 0 Å². The van der Waals surface area contributed by atoms with Crippen molar-refractivity contribution in [3.63, 3.8) is 0 Å². The summed E-state index contributed by atoms with van der Waals surface area (Å²) in [4.78, 5) is 5.20. The molecule has 1 aliphatic rings. The van der Waals surface area contributed by atoms with Gasteiger partial charge in [0.1, 0.15) is 0 Å². The van der Waals surface area contributed by atoms with Gasteiger partial charge in [-0.1, -0.05) is 54.6 Å². The molecular formula is C23H30N2. The van der Waals surface area contributed by atoms with Crippen LogP contribution in [0.25, 0.3) is 0 Å². The van der Waals surface area contributed by atoms with E-state index < -0.39 is 0 Å². The van der Waals surface area contributed by atoms with Crippen LogP contribution in [0.2, 0.25) is 0 Å². The fraction of sp³-hybridized carbons (Fsp3) is 0.391. The van der Waals surface area contributed by atoms with E-state index >= 15 is 0 Å². The molecule has 0 bridgehead atoms. The number of benzene rings is 2. The highest BCUT2D eigenvalue weighted by Crippen LogP contribution is 2.30. The van der Waals surface area contributed by atoms with Gasteiger partial charge in [-0.2, -0.15) is 0 Å². The Morgan fingerprint density at radius 3 is 2.40 bits per heavy atom. The van der Waals surface area contributed by atoms with Crippen molar-refractivity contribution in [1.29, 1.82) is 0 Å². The summed E-state index contributed by atoms with van der Waals surface area (Å²) in [7, 11) is 0. The Hall–Kier alpha value is -2.06. The molecule has 2 atom stereocenters. The summed E-state index contributed by atoms with van der Waals surface area (Å²) in [5, 5.41) is 0. The smallest absolute Gasteiger partial charge is 0.0368 e. The predicted molar refractivity (Wildman–Crippen MR) is 108 cm³/mol. The lowest BCUT2D eigenvalue weighted by molar-refractivity contribution is 0.145. The van der Waals surface area contributed by atoms with Crippen molar-refractivity contribution in [3.05, 3.63) is 78.9 Å². The lowest BCUT2D eigenvalue weighted by Gasteiger charge is -2.44. The molecule has 0 amide bonds. The van der Waals surface area contributed by atoms with E-state index in [0.717, 1.165) is 32.6 Å². The number of nitrogens with zero attached hydrogens (tertiary/aromatic N) is 2. The highest BCUT2D eigenvalue weighted by molar-refractivity contribution is 5.47. The third kappa shape index (κ3) is 4.52. The lowest BCUT2D eigenvalue weighted by Crippen LogP contribution is -2.51. The lowest BCUT2D eigenvalue weighted by atomic mass is 9.87. The number of para-hydroxylation sites is 1. The molecule has 2 aromatic rings. The second kappa shape index (κ2) is 8.87. The maximum atomic E-state index is 4.02. The summed E-state index contributed by atoms with van der Waals surface area (Å²) in [6.07, 6.45) is 4.40. The first-order valence-corrected chi connectivity index (χ1v) is 9.50. The summed E-state index contributed by atoms with van der Waals surface area (Å²) in [5.41, 5.74) is 2.76. The van der Waals surface area contributed by atoms with Crippen LogP contribution in [0.4, 0.5) is 5.69 Å². The Bertz CT molecular complexity index is 638. The Balaban J connectivity index is 1.72. The average molecular weight is 335 g/mol. The molecular weight excluding hydrogens is 304 g/mol. The molecule has 1 aliphatic heterocycles. The summed E-state index contributed by atoms with van der Waals surface area (Å²) in [6, 6.07) is 22.3. The number of allylic oxidation sites excluding steroid dienone is 1. The van der Waals surface area contributed by atoms with Gasteiger partial charge in [-0.3, -0.25) is 4.90 Å². The van der Waals surface area contributed by atoms with Crippen LogP contribution in [0.15, 0.2) is 73.3 Å². The maximum absolute atomic E-state index is 4.02. The Morgan fingerprint density at radius 1 is 1.08 bits per heavy atom. The molecule has 2 heteroatoms. The average Bonchev–Trinajstić information content (AvgIpc) is 2.66. The van der Waals surface area contributed by atoms with Crippen molar-refractivity contribution < 1.29 is 0 Å². The quantitative estimate of drug-likeness (QED) is 0.659. The summed E-state index contributed by atoms with van der Waals surface area (Å²) < 4.78 is 0. The number of anilines is 1. The van der Waals surface area contributed by atoms with Crippen molar-refractivity contribution in [2.45, 2.75) is 32.4 Å². The second-order valence-electron chi connectivity index (χ2n) is 6.98. The first kappa shape index (κ1) is 17.8. The minimum atomic E-state index is 0.595. The summed E-state index contributed by atoms with van der Waals surface area (Å²) >= 11 is 0. The fourth-order valence-electron chi connectivity index (χ4n) is 4.16. The predicted octanol–water partition coefficient (Wildman–Crippen LogP) is 4.98. The van der Waals surface area contributed by atoms with E-state index in [1.807, 2.05) is 0 Å². The molecule has 2 aromatic carbocycles. The van der Waals surface area contributed by atoms with E-state index in [0.29, 0.717) is 12.0 Å². The topological polar surface area (TPSA) is 6.48 Å². The second-order valence-corrected chi connectivity index (χ2v) is 6.98. The summed E-state index contributed by atoms with van der Waals surface area (Å²) in [5.74, 6) is 0.634. The molecule has 1 heterocycles. The zero-order valence-electron chi connectivity index (χ0n) is 15.3. The van der Waals surface area contributed by atoms with Gasteiger partial charge in [0, 0.05) is 37.9 Å². The molecule has 25 heavy (non-hydrogen) atoms. The summed E-state index contributed by atoms with van der Waals surface area (Å²) in [6.45, 7) is 10.7. The molecule has 1 saturated heterocycles. The normalized spacial score (nSPS) is 21.0. The SMILES string of the molecule is C=CCC1CN(Cc2ccccc2)CCC1N(CC)c1ccccc1. The Morgan fingerprint density at radius 2 is 1.76 bits per heavy atom. The molecule has 0 aromatic heterocycles. The monoisotopic (exact) mass is 334 g/mol. The number of hydrogen-bond acceptors (Lipinski definition) is 2. The van der Waals surface area contributed by atoms with Gasteiger partial charge in [0.15, 0.2) is 0 Å². The van der Waals surface area contributed by atoms with E-state index in [1.165, 1.54) is 17.7 Å². The van der Waals surface area contributed by atoms with Crippen molar-refractivity contribution >= 4 is 5.69 Å². The molecule has 3 rings (SSSR count). The highest BCUT2D eigenvalue weighted by atomic mass is 15.2. The number of hydrogen-bond donors (Lipinski definition) is 0. The standard InChI is InChI=1S/C23H30N2/c1-3-11-21-19-24(18-20-12-7-5-8-13-20)17-16-23(21)25(4-2)22-14-9-6-10-15-22/h3,5-10,12-15,21,23H,1,4,11,16-19H2,2H3. The molecule has 0 N–H and O–H groups in total. The van der Waals surface area contributed by atoms with Crippen LogP contribution in [0.5, 0.6) is 0 Å². The zero-order chi connectivity index (χ0) is 17.5. The van der Waals surface area contributed by atoms with Gasteiger partial charge in [0.05, 0.1) is 0 Å². The van der Waals surface area contributed by atoms with Crippen LogP contribution >= 0.6 is 0 Å². The van der Waals surface area contributed by atoms with Crippen molar-refractivity contribution in [1.82, 2.24) is 4.90 Å². The van der Waals surface area contributed by atoms with E-state index in [2.05, 4.69) is 90.0 Å². The van der Waals surface area contributed by atoms with Gasteiger partial charge in [0.2, 0.25) is 0 Å². The minimum absolute atomic E-state index is 0.595. The third-order valence-electron chi connectivity index (χ3n) is 5.33. The molecule has 0 saturated carbocycles. The fourth-order valence-corrected chi connectivity index (χ4v) is 4.16. The maximum Gasteiger partial charge on any atom is 0.0368 e. The Labute approximate surface area is 152 Å². The van der Waals surface area contributed by atoms with Crippen LogP contribution in [0, 0.1) is 5.92 Å². The zero-order valence-corrected chi connectivity index (χ0v) is 15.3. The van der Waals surface area contributed by atoms with E-state index in [-0.39, 0.29) is 0 Å². The van der Waals surface area contributed by atoms with Crippen LogP contribution in [0.3, 0.4) is 0 Å². The minimum Gasteiger partial charge on any atom is -0.368 e.